The van der Waals surface area contributed by atoms with Gasteiger partial charge in [-0.25, -0.2) is 4.79 Å². The number of esters is 1. The van der Waals surface area contributed by atoms with Crippen molar-refractivity contribution in [3.05, 3.63) is 69.3 Å². The molecule has 2 aromatic rings. The summed E-state index contributed by atoms with van der Waals surface area (Å²) in [7, 11) is 0. The molecular weight excluding hydrogens is 426 g/mol. The second kappa shape index (κ2) is 11.3. The van der Waals surface area contributed by atoms with Crippen LogP contribution in [-0.4, -0.2) is 27.9 Å². The van der Waals surface area contributed by atoms with Crippen molar-refractivity contribution >= 4 is 23.5 Å². The number of phenols is 1. The number of non-ortho nitro benzene ring substituents is 1. The molecule has 0 bridgehead atoms. The van der Waals surface area contributed by atoms with Crippen LogP contribution in [0.15, 0.2) is 42.5 Å². The van der Waals surface area contributed by atoms with Gasteiger partial charge in [-0.2, -0.15) is 0 Å². The van der Waals surface area contributed by atoms with Gasteiger partial charge in [0.05, 0.1) is 11.0 Å². The number of Topliss-reactive ketones (excluding diaryl/α,β-unsaturated/α-hetero) is 1. The van der Waals surface area contributed by atoms with Crippen molar-refractivity contribution in [3.8, 4) is 11.5 Å². The lowest BCUT2D eigenvalue weighted by atomic mass is 10.0. The largest absolute Gasteiger partial charge is 0.507 e. The van der Waals surface area contributed by atoms with E-state index in [0.29, 0.717) is 55.4 Å². The highest BCUT2D eigenvalue weighted by molar-refractivity contribution is 5.97. The summed E-state index contributed by atoms with van der Waals surface area (Å²) in [6, 6.07) is 8.97. The standard InChI is InChI=1S/C25H27NO7/c1-17-6-5-9-21(27)8-4-2-3-7-19-14-22(15-23(28)24(19)25(29)33-17)32-16-18-10-12-20(13-11-18)26(30)31/h3,7,10-15,17,28H,2,4-6,8-9,16H2,1H3/t17-/m1/s1. The molecule has 0 radical (unpaired) electrons. The van der Waals surface area contributed by atoms with Gasteiger partial charge in [0.1, 0.15) is 29.5 Å². The fourth-order valence-corrected chi connectivity index (χ4v) is 3.58. The molecule has 0 aliphatic carbocycles. The fraction of sp³-hybridized carbons (Fsp3) is 0.360. The number of carbonyl (C=O) groups is 2. The monoisotopic (exact) mass is 453 g/mol. The highest BCUT2D eigenvalue weighted by atomic mass is 16.6. The number of cyclic esters (lactones) is 1. The minimum absolute atomic E-state index is 0.0118. The van der Waals surface area contributed by atoms with Gasteiger partial charge in [0.25, 0.3) is 5.69 Å². The molecule has 8 heteroatoms. The van der Waals surface area contributed by atoms with Crippen molar-refractivity contribution in [2.75, 3.05) is 0 Å². The number of hydrogen-bond donors (Lipinski definition) is 1. The maximum atomic E-state index is 12.8. The third-order valence-corrected chi connectivity index (χ3v) is 5.38. The summed E-state index contributed by atoms with van der Waals surface area (Å²) in [5, 5.41) is 21.4. The number of benzene rings is 2. The Hall–Kier alpha value is -3.68. The molecule has 33 heavy (non-hydrogen) atoms. The lowest BCUT2D eigenvalue weighted by Crippen LogP contribution is -2.17. The number of rotatable bonds is 4. The van der Waals surface area contributed by atoms with Gasteiger partial charge in [-0.15, -0.1) is 0 Å². The maximum Gasteiger partial charge on any atom is 0.342 e. The predicted octanol–water partition coefficient (Wildman–Crippen LogP) is 5.36. The third kappa shape index (κ3) is 6.90. The van der Waals surface area contributed by atoms with Crippen molar-refractivity contribution < 1.29 is 29.1 Å². The normalized spacial score (nSPS) is 17.5. The van der Waals surface area contributed by atoms with E-state index in [-0.39, 0.29) is 35.5 Å². The molecule has 1 N–H and O–H groups in total. The number of aromatic hydroxyl groups is 1. The fourth-order valence-electron chi connectivity index (χ4n) is 3.58. The van der Waals surface area contributed by atoms with E-state index in [0.717, 1.165) is 0 Å². The third-order valence-electron chi connectivity index (χ3n) is 5.38. The molecule has 174 valence electrons. The summed E-state index contributed by atoms with van der Waals surface area (Å²) in [5.74, 6) is -0.342. The minimum Gasteiger partial charge on any atom is -0.507 e. The van der Waals surface area contributed by atoms with Crippen molar-refractivity contribution in [1.29, 1.82) is 0 Å². The van der Waals surface area contributed by atoms with Gasteiger partial charge in [-0.1, -0.05) is 12.2 Å². The second-order valence-corrected chi connectivity index (χ2v) is 8.06. The van der Waals surface area contributed by atoms with Crippen LogP contribution < -0.4 is 4.74 Å². The number of nitrogens with zero attached hydrogens (tertiary/aromatic N) is 1. The molecule has 1 aliphatic rings. The highest BCUT2D eigenvalue weighted by Gasteiger charge is 2.21. The molecule has 0 aromatic heterocycles. The van der Waals surface area contributed by atoms with Gasteiger partial charge >= 0.3 is 5.97 Å². The summed E-state index contributed by atoms with van der Waals surface area (Å²) < 4.78 is 11.3. The molecule has 0 unspecified atom stereocenters. The molecule has 0 saturated heterocycles. The Balaban J connectivity index is 1.82. The summed E-state index contributed by atoms with van der Waals surface area (Å²) in [6.07, 6.45) is 6.76. The van der Waals surface area contributed by atoms with Crippen LogP contribution in [0.25, 0.3) is 6.08 Å². The van der Waals surface area contributed by atoms with Crippen LogP contribution in [0.5, 0.6) is 11.5 Å². The summed E-state index contributed by atoms with van der Waals surface area (Å²) in [4.78, 5) is 35.0. The predicted molar refractivity (Wildman–Crippen MR) is 122 cm³/mol. The molecule has 3 rings (SSSR count). The molecule has 8 nitrogen and oxygen atoms in total. The molecule has 0 amide bonds. The zero-order chi connectivity index (χ0) is 23.8. The number of allylic oxidation sites excluding steroid dienone is 1. The van der Waals surface area contributed by atoms with Crippen molar-refractivity contribution in [2.45, 2.75) is 58.2 Å². The van der Waals surface area contributed by atoms with Crippen LogP contribution in [0.2, 0.25) is 0 Å². The first-order chi connectivity index (χ1) is 15.8. The number of fused-ring (bicyclic) bond motifs is 1. The van der Waals surface area contributed by atoms with Crippen LogP contribution >= 0.6 is 0 Å². The van der Waals surface area contributed by atoms with E-state index >= 15 is 0 Å². The van der Waals surface area contributed by atoms with Gasteiger partial charge in [-0.05, 0) is 61.9 Å². The van der Waals surface area contributed by atoms with Crippen molar-refractivity contribution in [3.63, 3.8) is 0 Å². The molecule has 0 saturated carbocycles. The Kier molecular flexibility index (Phi) is 8.18. The van der Waals surface area contributed by atoms with E-state index in [1.807, 2.05) is 6.08 Å². The average Bonchev–Trinajstić information content (AvgIpc) is 2.76. The van der Waals surface area contributed by atoms with E-state index in [9.17, 15) is 24.8 Å². The lowest BCUT2D eigenvalue weighted by Gasteiger charge is -2.16. The van der Waals surface area contributed by atoms with Crippen LogP contribution in [-0.2, 0) is 16.1 Å². The van der Waals surface area contributed by atoms with Crippen LogP contribution in [0.4, 0.5) is 5.69 Å². The van der Waals surface area contributed by atoms with E-state index in [4.69, 9.17) is 9.47 Å². The van der Waals surface area contributed by atoms with E-state index in [1.165, 1.54) is 18.2 Å². The number of hydrogen-bond acceptors (Lipinski definition) is 7. The lowest BCUT2D eigenvalue weighted by molar-refractivity contribution is -0.384. The number of ether oxygens (including phenoxy) is 2. The first-order valence-corrected chi connectivity index (χ1v) is 11.0. The Bertz CT molecular complexity index is 1040. The summed E-state index contributed by atoms with van der Waals surface area (Å²) >= 11 is 0. The Morgan fingerprint density at radius 1 is 1.15 bits per heavy atom. The molecule has 0 fully saturated rings. The molecule has 1 atom stereocenters. The van der Waals surface area contributed by atoms with Crippen LogP contribution in [0.3, 0.4) is 0 Å². The summed E-state index contributed by atoms with van der Waals surface area (Å²) in [6.45, 7) is 1.89. The average molecular weight is 453 g/mol. The number of carbonyl (C=O) groups excluding carboxylic acids is 2. The molecule has 2 aromatic carbocycles. The number of nitro benzene ring substituents is 1. The minimum atomic E-state index is -0.634. The van der Waals surface area contributed by atoms with Gasteiger partial charge < -0.3 is 14.6 Å². The van der Waals surface area contributed by atoms with Crippen molar-refractivity contribution in [2.24, 2.45) is 0 Å². The second-order valence-electron chi connectivity index (χ2n) is 8.06. The van der Waals surface area contributed by atoms with Gasteiger partial charge in [0.15, 0.2) is 0 Å². The Morgan fingerprint density at radius 2 is 1.88 bits per heavy atom. The van der Waals surface area contributed by atoms with Crippen molar-refractivity contribution in [1.82, 2.24) is 0 Å². The number of nitro groups is 1. The molecule has 1 aliphatic heterocycles. The summed E-state index contributed by atoms with van der Waals surface area (Å²) in [5.41, 5.74) is 1.22. The zero-order valence-corrected chi connectivity index (χ0v) is 18.5. The topological polar surface area (TPSA) is 116 Å². The Labute approximate surface area is 192 Å². The highest BCUT2D eigenvalue weighted by Crippen LogP contribution is 2.31. The van der Waals surface area contributed by atoms with E-state index in [2.05, 4.69) is 0 Å². The first-order valence-electron chi connectivity index (χ1n) is 11.0. The first kappa shape index (κ1) is 24.0. The smallest absolute Gasteiger partial charge is 0.342 e. The quantitative estimate of drug-likeness (QED) is 0.376. The maximum absolute atomic E-state index is 12.8. The van der Waals surface area contributed by atoms with E-state index < -0.39 is 10.9 Å². The van der Waals surface area contributed by atoms with Crippen LogP contribution in [0.1, 0.15) is 66.9 Å². The van der Waals surface area contributed by atoms with Gasteiger partial charge in [0.2, 0.25) is 0 Å². The van der Waals surface area contributed by atoms with E-state index in [1.54, 1.807) is 31.2 Å². The Morgan fingerprint density at radius 3 is 2.61 bits per heavy atom. The molecule has 0 spiro atoms. The number of ketones is 1. The van der Waals surface area contributed by atoms with Gasteiger partial charge in [-0.3, -0.25) is 14.9 Å². The SMILES string of the molecule is C[C@@H]1CCCC(=O)CCCC=Cc2cc(OCc3ccc([N+](=O)[O-])cc3)cc(O)c2C(=O)O1. The number of phenolic OH excluding ortho intramolecular Hbond substituents is 1. The molecule has 1 heterocycles. The zero-order valence-electron chi connectivity index (χ0n) is 18.5. The van der Waals surface area contributed by atoms with Gasteiger partial charge in [0, 0.05) is 31.0 Å². The van der Waals surface area contributed by atoms with Crippen LogP contribution in [0, 0.1) is 10.1 Å². The molecular formula is C25H27NO7.